The Kier molecular flexibility index (Phi) is 5.75. The van der Waals surface area contributed by atoms with Crippen LogP contribution in [0.25, 0.3) is 0 Å². The lowest BCUT2D eigenvalue weighted by Crippen LogP contribution is -2.26. The van der Waals surface area contributed by atoms with E-state index < -0.39 is 0 Å². The van der Waals surface area contributed by atoms with Crippen LogP contribution in [-0.4, -0.2) is 22.6 Å². The van der Waals surface area contributed by atoms with Crippen LogP contribution in [0.2, 0.25) is 5.02 Å². The number of aromatic nitrogens is 2. The fraction of sp³-hybridized carbons (Fsp3) is 0.400. The molecule has 0 radical (unpaired) electrons. The fourth-order valence-electron chi connectivity index (χ4n) is 1.95. The number of aryl methyl sites for hydroxylation is 2. The molecule has 0 bridgehead atoms. The summed E-state index contributed by atoms with van der Waals surface area (Å²) in [6, 6.07) is 7.84. The summed E-state index contributed by atoms with van der Waals surface area (Å²) in [6.07, 6.45) is 3.09. The van der Waals surface area contributed by atoms with Crippen molar-refractivity contribution in [3.05, 3.63) is 46.6 Å². The van der Waals surface area contributed by atoms with Gasteiger partial charge in [0.05, 0.1) is 6.42 Å². The Morgan fingerprint density at radius 2 is 2.05 bits per heavy atom. The highest BCUT2D eigenvalue weighted by molar-refractivity contribution is 6.30. The van der Waals surface area contributed by atoms with Crippen LogP contribution in [0.5, 0.6) is 0 Å². The van der Waals surface area contributed by atoms with Gasteiger partial charge in [0.15, 0.2) is 5.82 Å². The fourth-order valence-corrected chi connectivity index (χ4v) is 2.08. The van der Waals surface area contributed by atoms with Crippen molar-refractivity contribution in [2.24, 2.45) is 0 Å². The van der Waals surface area contributed by atoms with Crippen molar-refractivity contribution in [1.82, 2.24) is 15.5 Å². The molecule has 2 aromatic rings. The van der Waals surface area contributed by atoms with E-state index in [-0.39, 0.29) is 12.3 Å². The Morgan fingerprint density at radius 3 is 2.71 bits per heavy atom. The number of hydrogen-bond acceptors (Lipinski definition) is 4. The van der Waals surface area contributed by atoms with Crippen molar-refractivity contribution in [3.63, 3.8) is 0 Å². The summed E-state index contributed by atoms with van der Waals surface area (Å²) in [5.74, 6) is 0.814. The number of hydrogen-bond donors (Lipinski definition) is 1. The quantitative estimate of drug-likeness (QED) is 0.799. The number of carbonyl (C=O) groups excluding carboxylic acids is 1. The third-order valence-corrected chi connectivity index (χ3v) is 3.27. The zero-order chi connectivity index (χ0) is 15.1. The summed E-state index contributed by atoms with van der Waals surface area (Å²) in [5.41, 5.74) is 1.26. The zero-order valence-corrected chi connectivity index (χ0v) is 12.7. The van der Waals surface area contributed by atoms with Crippen LogP contribution in [0.4, 0.5) is 0 Å². The Morgan fingerprint density at radius 1 is 1.29 bits per heavy atom. The number of amides is 1. The highest BCUT2D eigenvalue weighted by Crippen LogP contribution is 2.11. The van der Waals surface area contributed by atoms with Gasteiger partial charge in [-0.15, -0.1) is 0 Å². The van der Waals surface area contributed by atoms with E-state index in [0.29, 0.717) is 18.3 Å². The van der Waals surface area contributed by atoms with Gasteiger partial charge in [-0.05, 0) is 37.0 Å². The molecule has 0 saturated heterocycles. The second-order valence-electron chi connectivity index (χ2n) is 4.84. The molecule has 0 fully saturated rings. The molecule has 0 atom stereocenters. The second kappa shape index (κ2) is 7.78. The zero-order valence-electron chi connectivity index (χ0n) is 11.9. The number of rotatable bonds is 7. The molecule has 1 heterocycles. The molecule has 0 aliphatic carbocycles. The van der Waals surface area contributed by atoms with Gasteiger partial charge < -0.3 is 9.84 Å². The van der Waals surface area contributed by atoms with E-state index in [1.165, 1.54) is 5.56 Å². The van der Waals surface area contributed by atoms with E-state index in [9.17, 15) is 4.79 Å². The van der Waals surface area contributed by atoms with Gasteiger partial charge >= 0.3 is 0 Å². The lowest BCUT2D eigenvalue weighted by Gasteiger charge is -2.04. The first-order valence-corrected chi connectivity index (χ1v) is 7.31. The number of unbranched alkanes of at least 4 members (excludes halogenated alkanes) is 1. The van der Waals surface area contributed by atoms with Crippen molar-refractivity contribution >= 4 is 17.5 Å². The lowest BCUT2D eigenvalue weighted by molar-refractivity contribution is -0.120. The predicted molar refractivity (Wildman–Crippen MR) is 80.1 cm³/mol. The van der Waals surface area contributed by atoms with E-state index in [2.05, 4.69) is 15.5 Å². The molecule has 0 saturated carbocycles. The molecule has 2 rings (SSSR count). The molecule has 1 N–H and O–H groups in total. The molecule has 0 unspecified atom stereocenters. The van der Waals surface area contributed by atoms with Crippen LogP contribution in [0.15, 0.2) is 28.8 Å². The molecule has 0 aliphatic heterocycles. The normalized spacial score (nSPS) is 10.6. The minimum absolute atomic E-state index is 0.0812. The van der Waals surface area contributed by atoms with Gasteiger partial charge in [-0.1, -0.05) is 28.9 Å². The molecular formula is C15H18ClN3O2. The van der Waals surface area contributed by atoms with Crippen LogP contribution in [-0.2, 0) is 17.6 Å². The number of halogens is 1. The number of carbonyl (C=O) groups is 1. The van der Waals surface area contributed by atoms with Crippen molar-refractivity contribution < 1.29 is 9.32 Å². The largest absolute Gasteiger partial charge is 0.356 e. The van der Waals surface area contributed by atoms with Gasteiger partial charge in [0.1, 0.15) is 0 Å². The maximum atomic E-state index is 11.6. The average molecular weight is 308 g/mol. The van der Waals surface area contributed by atoms with Crippen LogP contribution < -0.4 is 5.32 Å². The van der Waals surface area contributed by atoms with E-state index in [0.717, 1.165) is 24.3 Å². The summed E-state index contributed by atoms with van der Waals surface area (Å²) in [7, 11) is 0. The van der Waals surface area contributed by atoms with Gasteiger partial charge in [0.25, 0.3) is 0 Å². The van der Waals surface area contributed by atoms with Gasteiger partial charge in [0, 0.05) is 18.5 Å². The van der Waals surface area contributed by atoms with Gasteiger partial charge in [-0.3, -0.25) is 4.79 Å². The standard InChI is InChI=1S/C15H18ClN3O2/c1-11-18-14(19-21-11)10-15(20)17-9-3-2-4-12-5-7-13(16)8-6-12/h5-8H,2-4,9-10H2,1H3,(H,17,20). The van der Waals surface area contributed by atoms with E-state index in [4.69, 9.17) is 16.1 Å². The highest BCUT2D eigenvalue weighted by Gasteiger charge is 2.08. The maximum Gasteiger partial charge on any atom is 0.227 e. The van der Waals surface area contributed by atoms with E-state index in [1.807, 2.05) is 24.3 Å². The highest BCUT2D eigenvalue weighted by atomic mass is 35.5. The van der Waals surface area contributed by atoms with Crippen LogP contribution >= 0.6 is 11.6 Å². The molecule has 1 amide bonds. The maximum absolute atomic E-state index is 11.6. The molecule has 6 heteroatoms. The SMILES string of the molecule is Cc1nc(CC(=O)NCCCCc2ccc(Cl)cc2)no1. The molecule has 21 heavy (non-hydrogen) atoms. The molecule has 1 aromatic heterocycles. The lowest BCUT2D eigenvalue weighted by atomic mass is 10.1. The Labute approximate surface area is 128 Å². The van der Waals surface area contributed by atoms with Crippen LogP contribution in [0.3, 0.4) is 0 Å². The van der Waals surface area contributed by atoms with Crippen molar-refractivity contribution in [1.29, 1.82) is 0 Å². The first kappa shape index (κ1) is 15.5. The molecule has 1 aromatic carbocycles. The van der Waals surface area contributed by atoms with Crippen molar-refractivity contribution in [3.8, 4) is 0 Å². The Balaban J connectivity index is 1.59. The Bertz CT molecular complexity index is 581. The van der Waals surface area contributed by atoms with Gasteiger partial charge in [-0.25, -0.2) is 0 Å². The topological polar surface area (TPSA) is 68.0 Å². The minimum atomic E-state index is -0.0812. The van der Waals surface area contributed by atoms with Gasteiger partial charge in [0.2, 0.25) is 11.8 Å². The summed E-state index contributed by atoms with van der Waals surface area (Å²) in [5, 5.41) is 7.30. The number of nitrogens with zero attached hydrogens (tertiary/aromatic N) is 2. The third-order valence-electron chi connectivity index (χ3n) is 3.02. The smallest absolute Gasteiger partial charge is 0.227 e. The predicted octanol–water partition coefficient (Wildman–Crippen LogP) is 2.71. The van der Waals surface area contributed by atoms with E-state index >= 15 is 0 Å². The summed E-state index contributed by atoms with van der Waals surface area (Å²) < 4.78 is 4.82. The molecule has 0 spiro atoms. The van der Waals surface area contributed by atoms with Crippen LogP contribution in [0, 0.1) is 6.92 Å². The Hall–Kier alpha value is -1.88. The monoisotopic (exact) mass is 307 g/mol. The number of nitrogens with one attached hydrogen (secondary N) is 1. The molecular weight excluding hydrogens is 290 g/mol. The van der Waals surface area contributed by atoms with E-state index in [1.54, 1.807) is 6.92 Å². The van der Waals surface area contributed by atoms with Crippen molar-refractivity contribution in [2.45, 2.75) is 32.6 Å². The third kappa shape index (κ3) is 5.55. The van der Waals surface area contributed by atoms with Crippen molar-refractivity contribution in [2.75, 3.05) is 6.54 Å². The average Bonchev–Trinajstić information content (AvgIpc) is 2.86. The summed E-state index contributed by atoms with van der Waals surface area (Å²) in [6.45, 7) is 2.36. The first-order valence-electron chi connectivity index (χ1n) is 6.94. The number of benzene rings is 1. The van der Waals surface area contributed by atoms with Gasteiger partial charge in [-0.2, -0.15) is 4.98 Å². The molecule has 112 valence electrons. The summed E-state index contributed by atoms with van der Waals surface area (Å²) >= 11 is 5.83. The second-order valence-corrected chi connectivity index (χ2v) is 5.28. The van der Waals surface area contributed by atoms with Crippen LogP contribution in [0.1, 0.15) is 30.1 Å². The first-order chi connectivity index (χ1) is 10.1. The molecule has 5 nitrogen and oxygen atoms in total. The summed E-state index contributed by atoms with van der Waals surface area (Å²) in [4.78, 5) is 15.6. The minimum Gasteiger partial charge on any atom is -0.356 e. The molecule has 0 aliphatic rings.